The number of carbonyl (C=O) groups is 1. The van der Waals surface area contributed by atoms with Crippen LogP contribution in [0.5, 0.6) is 0 Å². The number of non-ortho nitro benzene ring substituents is 1. The van der Waals surface area contributed by atoms with Crippen LogP contribution in [-0.2, 0) is 4.79 Å². The first kappa shape index (κ1) is 13.3. The van der Waals surface area contributed by atoms with Crippen molar-refractivity contribution in [2.24, 2.45) is 0 Å². The predicted octanol–water partition coefficient (Wildman–Crippen LogP) is 2.76. The molecule has 0 saturated carbocycles. The van der Waals surface area contributed by atoms with Gasteiger partial charge in [-0.1, -0.05) is 23.9 Å². The van der Waals surface area contributed by atoms with E-state index in [-0.39, 0.29) is 10.8 Å². The first-order valence-electron chi connectivity index (χ1n) is 5.49. The van der Waals surface area contributed by atoms with Crippen LogP contribution < -0.4 is 0 Å². The summed E-state index contributed by atoms with van der Waals surface area (Å²) in [7, 11) is 0. The molecule has 2 aromatic rings. The second-order valence-corrected chi connectivity index (χ2v) is 5.03. The molecule has 0 radical (unpaired) electrons. The van der Waals surface area contributed by atoms with Gasteiger partial charge in [-0.3, -0.25) is 20.0 Å². The van der Waals surface area contributed by atoms with E-state index in [0.29, 0.717) is 22.2 Å². The molecular weight excluding hydrogens is 266 g/mol. The Bertz CT molecular complexity index is 663. The number of fused-ring (bicyclic) bond motifs is 1. The Hall–Kier alpha value is -2.15. The van der Waals surface area contributed by atoms with Crippen LogP contribution in [0.25, 0.3) is 17.0 Å². The lowest BCUT2D eigenvalue weighted by molar-refractivity contribution is -0.383. The van der Waals surface area contributed by atoms with Gasteiger partial charge in [0.25, 0.3) is 5.69 Å². The van der Waals surface area contributed by atoms with Crippen LogP contribution in [0.2, 0.25) is 0 Å². The minimum absolute atomic E-state index is 0.0186. The Morgan fingerprint density at radius 2 is 2.37 bits per heavy atom. The summed E-state index contributed by atoms with van der Waals surface area (Å²) in [5.41, 5.74) is 1.34. The number of aromatic amines is 1. The number of nitro groups is 1. The molecule has 1 aromatic carbocycles. The Morgan fingerprint density at radius 3 is 3.05 bits per heavy atom. The highest BCUT2D eigenvalue weighted by Gasteiger charge is 2.14. The van der Waals surface area contributed by atoms with Gasteiger partial charge < -0.3 is 0 Å². The lowest BCUT2D eigenvalue weighted by Crippen LogP contribution is -1.89. The number of hydrogen-bond donors (Lipinski definition) is 1. The summed E-state index contributed by atoms with van der Waals surface area (Å²) < 4.78 is 0. The number of H-pyrrole nitrogens is 1. The molecule has 0 amide bonds. The topological polar surface area (TPSA) is 88.9 Å². The van der Waals surface area contributed by atoms with Crippen molar-refractivity contribution in [2.75, 3.05) is 5.75 Å². The molecule has 0 spiro atoms. The minimum atomic E-state index is -0.431. The molecule has 0 bridgehead atoms. The van der Waals surface area contributed by atoms with Gasteiger partial charge in [-0.2, -0.15) is 5.10 Å². The summed E-state index contributed by atoms with van der Waals surface area (Å²) in [6.07, 6.45) is 4.99. The number of carbonyl (C=O) groups excluding carboxylic acids is 1. The van der Waals surface area contributed by atoms with Gasteiger partial charge in [0.15, 0.2) is 5.12 Å². The maximum Gasteiger partial charge on any atom is 0.280 e. The zero-order valence-electron chi connectivity index (χ0n) is 10.1. The number of rotatable bonds is 4. The average molecular weight is 277 g/mol. The molecule has 0 aliphatic carbocycles. The van der Waals surface area contributed by atoms with Crippen LogP contribution in [0.15, 0.2) is 24.4 Å². The molecular formula is C12H11N3O3S. The molecule has 0 fully saturated rings. The SMILES string of the molecule is CC(=O)SCC=Cc1cc([N+](=O)[O-])c2cn[nH]c2c1. The number of nitrogens with zero attached hydrogens (tertiary/aromatic N) is 2. The van der Waals surface area contributed by atoms with Crippen molar-refractivity contribution in [1.82, 2.24) is 10.2 Å². The van der Waals surface area contributed by atoms with Crippen molar-refractivity contribution >= 4 is 39.5 Å². The van der Waals surface area contributed by atoms with Gasteiger partial charge in [0.1, 0.15) is 0 Å². The lowest BCUT2D eigenvalue weighted by atomic mass is 10.1. The fraction of sp³-hybridized carbons (Fsp3) is 0.167. The molecule has 0 aliphatic heterocycles. The fourth-order valence-electron chi connectivity index (χ4n) is 1.65. The molecule has 7 heteroatoms. The second-order valence-electron chi connectivity index (χ2n) is 3.83. The first-order valence-corrected chi connectivity index (χ1v) is 6.48. The van der Waals surface area contributed by atoms with Gasteiger partial charge >= 0.3 is 0 Å². The highest BCUT2D eigenvalue weighted by molar-refractivity contribution is 8.13. The van der Waals surface area contributed by atoms with Crippen LogP contribution in [0.1, 0.15) is 12.5 Å². The quantitative estimate of drug-likeness (QED) is 0.685. The molecule has 0 unspecified atom stereocenters. The van der Waals surface area contributed by atoms with E-state index in [1.165, 1.54) is 30.9 Å². The molecule has 6 nitrogen and oxygen atoms in total. The molecule has 98 valence electrons. The Morgan fingerprint density at radius 1 is 1.58 bits per heavy atom. The number of benzene rings is 1. The molecule has 2 rings (SSSR count). The standard InChI is InChI=1S/C12H11N3O3S/c1-8(16)19-4-2-3-9-5-11-10(7-13-14-11)12(6-9)15(17)18/h2-3,5-7H,4H2,1H3,(H,13,14). The molecule has 0 saturated heterocycles. The smallest absolute Gasteiger partial charge is 0.280 e. The van der Waals surface area contributed by atoms with Crippen molar-refractivity contribution in [3.05, 3.63) is 40.1 Å². The summed E-state index contributed by atoms with van der Waals surface area (Å²) in [4.78, 5) is 21.3. The van der Waals surface area contributed by atoms with Crippen molar-refractivity contribution in [1.29, 1.82) is 0 Å². The third-order valence-electron chi connectivity index (χ3n) is 2.45. The number of aromatic nitrogens is 2. The lowest BCUT2D eigenvalue weighted by Gasteiger charge is -1.97. The van der Waals surface area contributed by atoms with Gasteiger partial charge in [0, 0.05) is 18.7 Å². The molecule has 1 heterocycles. The molecule has 0 atom stereocenters. The monoisotopic (exact) mass is 277 g/mol. The van der Waals surface area contributed by atoms with Crippen LogP contribution in [-0.4, -0.2) is 26.0 Å². The van der Waals surface area contributed by atoms with E-state index in [4.69, 9.17) is 0 Å². The summed E-state index contributed by atoms with van der Waals surface area (Å²) >= 11 is 1.19. The van der Waals surface area contributed by atoms with E-state index in [1.807, 2.05) is 0 Å². The van der Waals surface area contributed by atoms with Crippen LogP contribution in [0.4, 0.5) is 5.69 Å². The van der Waals surface area contributed by atoms with Gasteiger partial charge in [0.05, 0.1) is 22.0 Å². The molecule has 1 N–H and O–H groups in total. The summed E-state index contributed by atoms with van der Waals surface area (Å²) in [5.74, 6) is 0.546. The Kier molecular flexibility index (Phi) is 3.96. The molecule has 0 aliphatic rings. The highest BCUT2D eigenvalue weighted by atomic mass is 32.2. The van der Waals surface area contributed by atoms with Gasteiger partial charge in [0.2, 0.25) is 0 Å². The maximum absolute atomic E-state index is 11.0. The number of thioether (sulfide) groups is 1. The summed E-state index contributed by atoms with van der Waals surface area (Å²) in [6, 6.07) is 3.27. The third-order valence-corrected chi connectivity index (χ3v) is 3.21. The van der Waals surface area contributed by atoms with Crippen molar-refractivity contribution in [2.45, 2.75) is 6.92 Å². The second kappa shape index (κ2) is 5.66. The van der Waals surface area contributed by atoms with E-state index in [2.05, 4.69) is 10.2 Å². The number of hydrogen-bond acceptors (Lipinski definition) is 5. The van der Waals surface area contributed by atoms with Crippen molar-refractivity contribution < 1.29 is 9.72 Å². The van der Waals surface area contributed by atoms with E-state index in [1.54, 1.807) is 18.2 Å². The Balaban J connectivity index is 2.28. The van der Waals surface area contributed by atoms with E-state index in [9.17, 15) is 14.9 Å². The summed E-state index contributed by atoms with van der Waals surface area (Å²) in [5, 5.41) is 18.0. The van der Waals surface area contributed by atoms with Gasteiger partial charge in [-0.05, 0) is 11.6 Å². The van der Waals surface area contributed by atoms with Crippen molar-refractivity contribution in [3.63, 3.8) is 0 Å². The summed E-state index contributed by atoms with van der Waals surface area (Å²) in [6.45, 7) is 1.50. The van der Waals surface area contributed by atoms with E-state index < -0.39 is 4.92 Å². The van der Waals surface area contributed by atoms with E-state index >= 15 is 0 Å². The van der Waals surface area contributed by atoms with Gasteiger partial charge in [-0.25, -0.2) is 0 Å². The minimum Gasteiger partial charge on any atom is -0.288 e. The molecule has 19 heavy (non-hydrogen) atoms. The average Bonchev–Trinajstić information content (AvgIpc) is 2.81. The number of nitrogens with one attached hydrogen (secondary N) is 1. The van der Waals surface area contributed by atoms with Crippen molar-refractivity contribution in [3.8, 4) is 0 Å². The zero-order chi connectivity index (χ0) is 13.8. The highest BCUT2D eigenvalue weighted by Crippen LogP contribution is 2.26. The predicted molar refractivity (Wildman–Crippen MR) is 74.9 cm³/mol. The van der Waals surface area contributed by atoms with E-state index in [0.717, 1.165) is 0 Å². The molecule has 1 aromatic heterocycles. The first-order chi connectivity index (χ1) is 9.08. The van der Waals surface area contributed by atoms with Crippen LogP contribution in [0.3, 0.4) is 0 Å². The third kappa shape index (κ3) is 3.19. The number of nitro benzene ring substituents is 1. The zero-order valence-corrected chi connectivity index (χ0v) is 10.9. The van der Waals surface area contributed by atoms with Crippen LogP contribution >= 0.6 is 11.8 Å². The Labute approximate surface area is 113 Å². The normalized spacial score (nSPS) is 11.2. The maximum atomic E-state index is 11.0. The van der Waals surface area contributed by atoms with Gasteiger partial charge in [-0.15, -0.1) is 0 Å². The fourth-order valence-corrected chi connectivity index (χ4v) is 2.08. The van der Waals surface area contributed by atoms with Crippen LogP contribution in [0, 0.1) is 10.1 Å². The largest absolute Gasteiger partial charge is 0.288 e.